The van der Waals surface area contributed by atoms with Gasteiger partial charge in [-0.15, -0.1) is 0 Å². The van der Waals surface area contributed by atoms with Crippen molar-refractivity contribution in [2.45, 2.75) is 13.1 Å². The molecule has 0 aliphatic carbocycles. The number of nitrogens with one attached hydrogen (secondary N) is 1. The van der Waals surface area contributed by atoms with Crippen LogP contribution in [0.15, 0.2) is 83.7 Å². The minimum absolute atomic E-state index is 0.0217. The number of benzene rings is 3. The Morgan fingerprint density at radius 2 is 1.59 bits per heavy atom. The molecule has 1 aromatic heterocycles. The first-order valence-corrected chi connectivity index (χ1v) is 9.17. The molecule has 0 aliphatic heterocycles. The number of fused-ring (bicyclic) bond motifs is 1. The highest BCUT2D eigenvalue weighted by atomic mass is 19.1. The number of hydrogen-bond donors (Lipinski definition) is 1. The number of aromatic amines is 1. The SMILES string of the molecule is O=C(c1ccccc1F)N(Cc1ccccc1)Cc1nc2ccccc2c(=O)[nH]1. The van der Waals surface area contributed by atoms with Gasteiger partial charge in [-0.25, -0.2) is 9.37 Å². The molecule has 144 valence electrons. The topological polar surface area (TPSA) is 66.1 Å². The van der Waals surface area contributed by atoms with Crippen molar-refractivity contribution in [3.05, 3.63) is 112 Å². The molecule has 0 fully saturated rings. The van der Waals surface area contributed by atoms with E-state index in [2.05, 4.69) is 9.97 Å². The molecule has 0 bridgehead atoms. The summed E-state index contributed by atoms with van der Waals surface area (Å²) in [5, 5.41) is 0.478. The van der Waals surface area contributed by atoms with E-state index in [1.807, 2.05) is 30.3 Å². The number of carbonyl (C=O) groups is 1. The largest absolute Gasteiger partial charge is 0.327 e. The standard InChI is InChI=1S/C23H18FN3O2/c24-19-12-6-4-10-17(19)23(29)27(14-16-8-2-1-3-9-16)15-21-25-20-13-7-5-11-18(20)22(28)26-21/h1-13H,14-15H2,(H,25,26,28). The fraction of sp³-hybridized carbons (Fsp3) is 0.0870. The molecule has 3 aromatic carbocycles. The molecule has 1 heterocycles. The van der Waals surface area contributed by atoms with Gasteiger partial charge in [0.15, 0.2) is 0 Å². The van der Waals surface area contributed by atoms with Gasteiger partial charge >= 0.3 is 0 Å². The Balaban J connectivity index is 1.71. The molecule has 5 nitrogen and oxygen atoms in total. The van der Waals surface area contributed by atoms with Gasteiger partial charge in [0.25, 0.3) is 11.5 Å². The molecular formula is C23H18FN3O2. The number of para-hydroxylation sites is 1. The highest BCUT2D eigenvalue weighted by Gasteiger charge is 2.21. The number of carbonyl (C=O) groups excluding carboxylic acids is 1. The van der Waals surface area contributed by atoms with Crippen LogP contribution in [0.3, 0.4) is 0 Å². The van der Waals surface area contributed by atoms with Crippen molar-refractivity contribution in [2.24, 2.45) is 0 Å². The van der Waals surface area contributed by atoms with Crippen LogP contribution in [0.25, 0.3) is 10.9 Å². The summed E-state index contributed by atoms with van der Waals surface area (Å²) in [6.45, 7) is 0.298. The van der Waals surface area contributed by atoms with Gasteiger partial charge in [0.2, 0.25) is 0 Å². The van der Waals surface area contributed by atoms with Crippen LogP contribution in [-0.4, -0.2) is 20.8 Å². The third-order valence-electron chi connectivity index (χ3n) is 4.61. The molecule has 0 unspecified atom stereocenters. The van der Waals surface area contributed by atoms with E-state index < -0.39 is 11.7 Å². The van der Waals surface area contributed by atoms with Crippen LogP contribution in [0, 0.1) is 5.82 Å². The van der Waals surface area contributed by atoms with Crippen LogP contribution in [0.2, 0.25) is 0 Å². The second-order valence-electron chi connectivity index (χ2n) is 6.66. The molecule has 0 saturated carbocycles. The maximum Gasteiger partial charge on any atom is 0.258 e. The summed E-state index contributed by atoms with van der Waals surface area (Å²) in [6, 6.07) is 22.3. The average Bonchev–Trinajstić information content (AvgIpc) is 2.74. The molecule has 4 aromatic rings. The van der Waals surface area contributed by atoms with Gasteiger partial charge in [-0.05, 0) is 29.8 Å². The summed E-state index contributed by atoms with van der Waals surface area (Å²) >= 11 is 0. The Hall–Kier alpha value is -3.80. The summed E-state index contributed by atoms with van der Waals surface area (Å²) in [7, 11) is 0. The number of H-pyrrole nitrogens is 1. The third-order valence-corrected chi connectivity index (χ3v) is 4.61. The molecule has 1 N–H and O–H groups in total. The minimum atomic E-state index is -0.587. The normalized spacial score (nSPS) is 10.8. The van der Waals surface area contributed by atoms with E-state index in [9.17, 15) is 14.0 Å². The molecule has 0 spiro atoms. The molecule has 0 aliphatic rings. The van der Waals surface area contributed by atoms with E-state index in [1.54, 1.807) is 30.3 Å². The van der Waals surface area contributed by atoms with Gasteiger partial charge in [0.1, 0.15) is 11.6 Å². The highest BCUT2D eigenvalue weighted by Crippen LogP contribution is 2.16. The smallest absolute Gasteiger partial charge is 0.258 e. The molecule has 0 radical (unpaired) electrons. The van der Waals surface area contributed by atoms with Crippen LogP contribution in [0.1, 0.15) is 21.7 Å². The number of halogens is 1. The van der Waals surface area contributed by atoms with Gasteiger partial charge in [-0.2, -0.15) is 0 Å². The lowest BCUT2D eigenvalue weighted by Gasteiger charge is -2.23. The first-order valence-electron chi connectivity index (χ1n) is 9.17. The van der Waals surface area contributed by atoms with E-state index >= 15 is 0 Å². The fourth-order valence-electron chi connectivity index (χ4n) is 3.20. The van der Waals surface area contributed by atoms with Crippen molar-refractivity contribution >= 4 is 16.8 Å². The number of hydrogen-bond acceptors (Lipinski definition) is 3. The number of nitrogens with zero attached hydrogens (tertiary/aromatic N) is 2. The predicted molar refractivity (Wildman–Crippen MR) is 109 cm³/mol. The van der Waals surface area contributed by atoms with Crippen LogP contribution < -0.4 is 5.56 Å². The molecule has 4 rings (SSSR count). The molecule has 0 atom stereocenters. The molecule has 1 amide bonds. The third kappa shape index (κ3) is 4.06. The van der Waals surface area contributed by atoms with Gasteiger partial charge < -0.3 is 9.88 Å². The van der Waals surface area contributed by atoms with E-state index in [0.717, 1.165) is 5.56 Å². The van der Waals surface area contributed by atoms with Crippen molar-refractivity contribution in [3.8, 4) is 0 Å². The highest BCUT2D eigenvalue weighted by molar-refractivity contribution is 5.94. The fourth-order valence-corrected chi connectivity index (χ4v) is 3.20. The molecule has 6 heteroatoms. The van der Waals surface area contributed by atoms with E-state index in [0.29, 0.717) is 16.7 Å². The zero-order valence-electron chi connectivity index (χ0n) is 15.5. The van der Waals surface area contributed by atoms with Crippen LogP contribution >= 0.6 is 0 Å². The lowest BCUT2D eigenvalue weighted by molar-refractivity contribution is 0.0720. The zero-order valence-corrected chi connectivity index (χ0v) is 15.5. The summed E-state index contributed by atoms with van der Waals surface area (Å²) < 4.78 is 14.2. The van der Waals surface area contributed by atoms with Gasteiger partial charge in [-0.3, -0.25) is 9.59 Å². The molecule has 29 heavy (non-hydrogen) atoms. The van der Waals surface area contributed by atoms with Crippen molar-refractivity contribution in [2.75, 3.05) is 0 Å². The summed E-state index contributed by atoms with van der Waals surface area (Å²) in [5.41, 5.74) is 1.14. The lowest BCUT2D eigenvalue weighted by atomic mass is 10.1. The lowest BCUT2D eigenvalue weighted by Crippen LogP contribution is -2.32. The average molecular weight is 387 g/mol. The Morgan fingerprint density at radius 1 is 0.897 bits per heavy atom. The second-order valence-corrected chi connectivity index (χ2v) is 6.66. The number of aromatic nitrogens is 2. The van der Waals surface area contributed by atoms with Gasteiger partial charge in [0, 0.05) is 6.54 Å². The first-order chi connectivity index (χ1) is 14.1. The Morgan fingerprint density at radius 3 is 2.38 bits per heavy atom. The van der Waals surface area contributed by atoms with Crippen LogP contribution in [0.5, 0.6) is 0 Å². The summed E-state index contributed by atoms with van der Waals surface area (Å²) in [5.74, 6) is -0.715. The maximum atomic E-state index is 14.2. The maximum absolute atomic E-state index is 14.2. The Bertz CT molecular complexity index is 1220. The zero-order chi connectivity index (χ0) is 20.2. The summed E-state index contributed by atoms with van der Waals surface area (Å²) in [6.07, 6.45) is 0. The Labute approximate surface area is 166 Å². The first kappa shape index (κ1) is 18.6. The van der Waals surface area contributed by atoms with Crippen molar-refractivity contribution in [1.82, 2.24) is 14.9 Å². The van der Waals surface area contributed by atoms with Crippen molar-refractivity contribution in [1.29, 1.82) is 0 Å². The molecule has 0 saturated heterocycles. The minimum Gasteiger partial charge on any atom is -0.327 e. The van der Waals surface area contributed by atoms with E-state index in [4.69, 9.17) is 0 Å². The van der Waals surface area contributed by atoms with Crippen LogP contribution in [-0.2, 0) is 13.1 Å². The quantitative estimate of drug-likeness (QED) is 0.565. The second kappa shape index (κ2) is 8.06. The molecular weight excluding hydrogens is 369 g/mol. The van der Waals surface area contributed by atoms with E-state index in [-0.39, 0.29) is 24.2 Å². The van der Waals surface area contributed by atoms with E-state index in [1.165, 1.54) is 23.1 Å². The van der Waals surface area contributed by atoms with Crippen molar-refractivity contribution in [3.63, 3.8) is 0 Å². The number of amides is 1. The Kier molecular flexibility index (Phi) is 5.16. The van der Waals surface area contributed by atoms with Gasteiger partial charge in [0.05, 0.1) is 23.0 Å². The number of rotatable bonds is 5. The van der Waals surface area contributed by atoms with Gasteiger partial charge in [-0.1, -0.05) is 54.6 Å². The monoisotopic (exact) mass is 387 g/mol. The van der Waals surface area contributed by atoms with Crippen LogP contribution in [0.4, 0.5) is 4.39 Å². The predicted octanol–water partition coefficient (Wildman–Crippen LogP) is 3.90. The van der Waals surface area contributed by atoms with Crippen molar-refractivity contribution < 1.29 is 9.18 Å². The summed E-state index contributed by atoms with van der Waals surface area (Å²) in [4.78, 5) is 34.1.